The van der Waals surface area contributed by atoms with Gasteiger partial charge in [0.05, 0.1) is 11.6 Å². The molecule has 0 aliphatic heterocycles. The Balaban J connectivity index is 2.50. The lowest BCUT2D eigenvalue weighted by Crippen LogP contribution is -1.98. The average Bonchev–Trinajstić information content (AvgIpc) is 2.70. The zero-order chi connectivity index (χ0) is 14.7. The van der Waals surface area contributed by atoms with Crippen LogP contribution in [0.3, 0.4) is 0 Å². The van der Waals surface area contributed by atoms with E-state index in [1.807, 2.05) is 30.3 Å². The lowest BCUT2D eigenvalue weighted by Gasteiger charge is -2.05. The number of nitriles is 1. The predicted molar refractivity (Wildman–Crippen MR) is 84.5 cm³/mol. The zero-order valence-corrected chi connectivity index (χ0v) is 12.7. The van der Waals surface area contributed by atoms with E-state index < -0.39 is 0 Å². The molecule has 0 aliphatic rings. The van der Waals surface area contributed by atoms with E-state index >= 15 is 0 Å². The topological polar surface area (TPSA) is 28.7 Å². The molecule has 0 bridgehead atoms. The highest BCUT2D eigenvalue weighted by Crippen LogP contribution is 2.24. The van der Waals surface area contributed by atoms with Crippen LogP contribution in [0.15, 0.2) is 30.3 Å². The van der Waals surface area contributed by atoms with Crippen molar-refractivity contribution in [2.75, 3.05) is 0 Å². The number of rotatable bonds is 3. The van der Waals surface area contributed by atoms with Crippen molar-refractivity contribution in [3.8, 4) is 6.07 Å². The van der Waals surface area contributed by atoms with Crippen LogP contribution < -0.4 is 0 Å². The first-order chi connectivity index (χ1) is 9.56. The number of aromatic nitrogens is 1. The molecular weight excluding hydrogens is 268 g/mol. The van der Waals surface area contributed by atoms with Crippen molar-refractivity contribution in [1.29, 1.82) is 5.26 Å². The smallest absolute Gasteiger partial charge is 0.0998 e. The SMILES string of the molecule is CCn1c(C)cc(C=C(C#N)c2cccc(Cl)c2)c1C. The van der Waals surface area contributed by atoms with Crippen LogP contribution in [0.25, 0.3) is 11.6 Å². The molecule has 0 aliphatic carbocycles. The highest BCUT2D eigenvalue weighted by atomic mass is 35.5. The molecule has 0 saturated carbocycles. The standard InChI is InChI=1S/C17H17ClN2/c1-4-20-12(2)8-15(13(20)3)9-16(11-19)14-6-5-7-17(18)10-14/h5-10H,4H2,1-3H3. The Morgan fingerprint density at radius 2 is 2.10 bits per heavy atom. The van der Waals surface area contributed by atoms with Crippen molar-refractivity contribution in [3.05, 3.63) is 57.9 Å². The van der Waals surface area contributed by atoms with Crippen molar-refractivity contribution in [1.82, 2.24) is 4.57 Å². The molecule has 0 unspecified atom stereocenters. The van der Waals surface area contributed by atoms with E-state index in [-0.39, 0.29) is 0 Å². The fraction of sp³-hybridized carbons (Fsp3) is 0.235. The Morgan fingerprint density at radius 3 is 2.65 bits per heavy atom. The summed E-state index contributed by atoms with van der Waals surface area (Å²) in [4.78, 5) is 0. The average molecular weight is 285 g/mol. The van der Waals surface area contributed by atoms with Gasteiger partial charge in [-0.3, -0.25) is 0 Å². The maximum Gasteiger partial charge on any atom is 0.0998 e. The first-order valence-corrected chi connectivity index (χ1v) is 6.99. The van der Waals surface area contributed by atoms with Crippen molar-refractivity contribution < 1.29 is 0 Å². The predicted octanol–water partition coefficient (Wildman–Crippen LogP) is 4.84. The van der Waals surface area contributed by atoms with Gasteiger partial charge in [-0.05, 0) is 56.2 Å². The number of benzene rings is 1. The second-order valence-corrected chi connectivity index (χ2v) is 5.19. The van der Waals surface area contributed by atoms with E-state index in [2.05, 4.69) is 37.5 Å². The van der Waals surface area contributed by atoms with Gasteiger partial charge < -0.3 is 4.57 Å². The number of nitrogens with zero attached hydrogens (tertiary/aromatic N) is 2. The summed E-state index contributed by atoms with van der Waals surface area (Å²) in [7, 11) is 0. The molecule has 0 atom stereocenters. The van der Waals surface area contributed by atoms with E-state index in [0.717, 1.165) is 17.7 Å². The van der Waals surface area contributed by atoms with Gasteiger partial charge in [-0.2, -0.15) is 5.26 Å². The van der Waals surface area contributed by atoms with Crippen LogP contribution >= 0.6 is 11.6 Å². The van der Waals surface area contributed by atoms with Gasteiger partial charge in [-0.15, -0.1) is 0 Å². The second-order valence-electron chi connectivity index (χ2n) is 4.75. The largest absolute Gasteiger partial charge is 0.349 e. The lowest BCUT2D eigenvalue weighted by atomic mass is 10.0. The lowest BCUT2D eigenvalue weighted by molar-refractivity contribution is 0.718. The van der Waals surface area contributed by atoms with Crippen molar-refractivity contribution in [2.24, 2.45) is 0 Å². The Morgan fingerprint density at radius 1 is 1.35 bits per heavy atom. The molecule has 0 saturated heterocycles. The van der Waals surface area contributed by atoms with Crippen LogP contribution in [0, 0.1) is 25.2 Å². The summed E-state index contributed by atoms with van der Waals surface area (Å²) in [6.07, 6.45) is 1.93. The number of aryl methyl sites for hydroxylation is 1. The summed E-state index contributed by atoms with van der Waals surface area (Å²) in [5.41, 5.74) is 4.95. The van der Waals surface area contributed by atoms with E-state index in [4.69, 9.17) is 11.6 Å². The van der Waals surface area contributed by atoms with Crippen LogP contribution in [0.4, 0.5) is 0 Å². The molecule has 2 aromatic rings. The maximum atomic E-state index is 9.39. The van der Waals surface area contributed by atoms with E-state index in [1.54, 1.807) is 0 Å². The zero-order valence-electron chi connectivity index (χ0n) is 11.9. The van der Waals surface area contributed by atoms with Gasteiger partial charge in [0.1, 0.15) is 0 Å². The summed E-state index contributed by atoms with van der Waals surface area (Å²) in [5.74, 6) is 0. The third-order valence-corrected chi connectivity index (χ3v) is 3.72. The molecule has 3 heteroatoms. The fourth-order valence-corrected chi connectivity index (χ4v) is 2.64. The van der Waals surface area contributed by atoms with Crippen LogP contribution in [0.5, 0.6) is 0 Å². The molecule has 1 heterocycles. The Bertz CT molecular complexity index is 702. The number of halogens is 1. The molecule has 0 radical (unpaired) electrons. The minimum Gasteiger partial charge on any atom is -0.349 e. The maximum absolute atomic E-state index is 9.39. The summed E-state index contributed by atoms with van der Waals surface area (Å²) >= 11 is 5.99. The van der Waals surface area contributed by atoms with Gasteiger partial charge in [-0.25, -0.2) is 0 Å². The monoisotopic (exact) mass is 284 g/mol. The van der Waals surface area contributed by atoms with Crippen molar-refractivity contribution in [3.63, 3.8) is 0 Å². The summed E-state index contributed by atoms with van der Waals surface area (Å²) in [5, 5.41) is 10.0. The van der Waals surface area contributed by atoms with Crippen LogP contribution in [-0.4, -0.2) is 4.57 Å². The van der Waals surface area contributed by atoms with E-state index in [0.29, 0.717) is 10.6 Å². The van der Waals surface area contributed by atoms with E-state index in [9.17, 15) is 5.26 Å². The number of hydrogen-bond donors (Lipinski definition) is 0. The molecule has 2 rings (SSSR count). The van der Waals surface area contributed by atoms with Crippen LogP contribution in [0.1, 0.15) is 29.4 Å². The highest BCUT2D eigenvalue weighted by molar-refractivity contribution is 6.30. The molecule has 102 valence electrons. The third-order valence-electron chi connectivity index (χ3n) is 3.48. The molecule has 1 aromatic carbocycles. The van der Waals surface area contributed by atoms with Gasteiger partial charge in [-0.1, -0.05) is 23.7 Å². The number of hydrogen-bond acceptors (Lipinski definition) is 1. The van der Waals surface area contributed by atoms with Gasteiger partial charge >= 0.3 is 0 Å². The fourth-order valence-electron chi connectivity index (χ4n) is 2.45. The number of allylic oxidation sites excluding steroid dienone is 1. The van der Waals surface area contributed by atoms with Crippen LogP contribution in [-0.2, 0) is 6.54 Å². The highest BCUT2D eigenvalue weighted by Gasteiger charge is 2.08. The minimum atomic E-state index is 0.629. The van der Waals surface area contributed by atoms with Gasteiger partial charge in [0, 0.05) is 23.0 Å². The third kappa shape index (κ3) is 2.79. The Kier molecular flexibility index (Phi) is 4.32. The minimum absolute atomic E-state index is 0.629. The molecule has 0 N–H and O–H groups in total. The van der Waals surface area contributed by atoms with Gasteiger partial charge in [0.15, 0.2) is 0 Å². The summed E-state index contributed by atoms with van der Waals surface area (Å²) < 4.78 is 2.23. The Hall–Kier alpha value is -1.98. The molecule has 20 heavy (non-hydrogen) atoms. The second kappa shape index (κ2) is 5.98. The summed E-state index contributed by atoms with van der Waals surface area (Å²) in [6.45, 7) is 7.22. The van der Waals surface area contributed by atoms with Gasteiger partial charge in [0.25, 0.3) is 0 Å². The van der Waals surface area contributed by atoms with Gasteiger partial charge in [0.2, 0.25) is 0 Å². The molecular formula is C17H17ClN2. The molecule has 2 nitrogen and oxygen atoms in total. The molecule has 0 spiro atoms. The van der Waals surface area contributed by atoms with E-state index in [1.165, 1.54) is 11.4 Å². The van der Waals surface area contributed by atoms with Crippen molar-refractivity contribution in [2.45, 2.75) is 27.3 Å². The molecule has 0 amide bonds. The first kappa shape index (κ1) is 14.4. The molecule has 0 fully saturated rings. The summed E-state index contributed by atoms with van der Waals surface area (Å²) in [6, 6.07) is 11.8. The quantitative estimate of drug-likeness (QED) is 0.741. The molecule has 1 aromatic heterocycles. The Labute approximate surface area is 124 Å². The van der Waals surface area contributed by atoms with Crippen molar-refractivity contribution >= 4 is 23.3 Å². The van der Waals surface area contributed by atoms with Crippen LogP contribution in [0.2, 0.25) is 5.02 Å². The first-order valence-electron chi connectivity index (χ1n) is 6.61. The normalized spacial score (nSPS) is 11.4.